The van der Waals surface area contributed by atoms with Gasteiger partial charge in [0.05, 0.1) is 46.1 Å². The predicted octanol–water partition coefficient (Wildman–Crippen LogP) is 8.76. The van der Waals surface area contributed by atoms with Crippen LogP contribution in [0.1, 0.15) is 171 Å². The summed E-state index contributed by atoms with van der Waals surface area (Å²) in [4.78, 5) is 38.0. The van der Waals surface area contributed by atoms with E-state index in [4.69, 9.17) is 22.9 Å². The zero-order valence-corrected chi connectivity index (χ0v) is 40.5. The van der Waals surface area contributed by atoms with E-state index in [-0.39, 0.29) is 37.9 Å². The first-order valence-electron chi connectivity index (χ1n) is 24.0. The second kappa shape index (κ2) is 30.9. The van der Waals surface area contributed by atoms with Crippen LogP contribution in [0, 0.1) is 25.7 Å². The first-order valence-corrected chi connectivity index (χ1v) is 25.5. The molecule has 2 rings (SSSR count). The molecule has 0 spiro atoms. The van der Waals surface area contributed by atoms with Gasteiger partial charge in [0, 0.05) is 38.0 Å². The first-order chi connectivity index (χ1) is 29.5. The summed E-state index contributed by atoms with van der Waals surface area (Å²) in [6.45, 7) is 8.12. The van der Waals surface area contributed by atoms with Crippen LogP contribution in [0.4, 0.5) is 0 Å². The zero-order valence-electron chi connectivity index (χ0n) is 39.6. The number of likely N-dealkylation sites (N-methyl/N-ethyl adjacent to an activating group) is 1. The smallest absolute Gasteiger partial charge is 0.306 e. The third-order valence-corrected chi connectivity index (χ3v) is 13.1. The molecule has 1 aromatic rings. The fourth-order valence-electron chi connectivity index (χ4n) is 7.99. The van der Waals surface area contributed by atoms with Gasteiger partial charge < -0.3 is 47.6 Å². The first kappa shape index (κ1) is 56.0. The van der Waals surface area contributed by atoms with Crippen molar-refractivity contribution in [1.82, 2.24) is 0 Å². The molecular weight excluding hydrogens is 813 g/mol. The van der Waals surface area contributed by atoms with E-state index >= 15 is 0 Å². The highest BCUT2D eigenvalue weighted by Gasteiger charge is 2.39. The summed E-state index contributed by atoms with van der Waals surface area (Å²) in [6.07, 6.45) is 19.9. The minimum Gasteiger partial charge on any atom is -0.756 e. The Morgan fingerprint density at radius 1 is 0.790 bits per heavy atom. The molecule has 3 N–H and O–H groups in total. The molecule has 0 amide bonds. The van der Waals surface area contributed by atoms with Crippen LogP contribution in [0.15, 0.2) is 16.6 Å². The lowest BCUT2D eigenvalue weighted by molar-refractivity contribution is -0.870. The largest absolute Gasteiger partial charge is 0.756 e. The summed E-state index contributed by atoms with van der Waals surface area (Å²) in [5.41, 5.74) is 2.58. The number of esters is 2. The summed E-state index contributed by atoms with van der Waals surface area (Å²) < 4.78 is 40.2. The standard InChI is InChI=1S/C48H86NO12P/c1-8-10-18-24-39(50)30-31-42-41(43(51)34-44(42)52)25-20-16-17-23-29-48(54)60-40(36-59-62(55,56)58-33-32-49(5,6)7)35-57-47(53)28-22-15-13-12-14-21-27-46-38(4)37(3)45(61-46)26-19-11-9-2/h30-31,39-44,50-52H,8-29,32-36H2,1-7H3/b31-30+/t39-,40+,41+,42+,43-,44+/m0/s1. The van der Waals surface area contributed by atoms with Gasteiger partial charge in [-0.15, -0.1) is 0 Å². The Hall–Kier alpha value is -2.09. The van der Waals surface area contributed by atoms with Crippen LogP contribution in [0.5, 0.6) is 0 Å². The molecule has 0 aliphatic heterocycles. The number of aliphatic hydroxyl groups is 3. The molecule has 0 saturated heterocycles. The van der Waals surface area contributed by atoms with Crippen molar-refractivity contribution < 1.29 is 61.8 Å². The Morgan fingerprint density at radius 3 is 1.98 bits per heavy atom. The number of carbonyl (C=O) groups excluding carboxylic acids is 2. The van der Waals surface area contributed by atoms with E-state index < -0.39 is 50.8 Å². The number of carbonyl (C=O) groups is 2. The average Bonchev–Trinajstić information content (AvgIpc) is 3.63. The van der Waals surface area contributed by atoms with Crippen LogP contribution in [-0.4, -0.2) is 104 Å². The van der Waals surface area contributed by atoms with Crippen molar-refractivity contribution >= 4 is 19.8 Å². The van der Waals surface area contributed by atoms with Crippen LogP contribution < -0.4 is 4.89 Å². The molecule has 1 aliphatic rings. The molecule has 0 aromatic carbocycles. The minimum atomic E-state index is -4.70. The van der Waals surface area contributed by atoms with Crippen molar-refractivity contribution in [3.8, 4) is 0 Å². The summed E-state index contributed by atoms with van der Waals surface area (Å²) in [5, 5.41) is 31.5. The second-order valence-corrected chi connectivity index (χ2v) is 20.1. The van der Waals surface area contributed by atoms with Crippen LogP contribution in [0.25, 0.3) is 0 Å². The Labute approximate surface area is 374 Å². The maximum Gasteiger partial charge on any atom is 0.306 e. The van der Waals surface area contributed by atoms with E-state index in [1.54, 1.807) is 6.08 Å². The Balaban J connectivity index is 1.75. The van der Waals surface area contributed by atoms with Crippen molar-refractivity contribution in [2.24, 2.45) is 11.8 Å². The van der Waals surface area contributed by atoms with E-state index in [1.165, 1.54) is 24.0 Å². The number of rotatable bonds is 36. The van der Waals surface area contributed by atoms with Gasteiger partial charge in [-0.05, 0) is 69.4 Å². The van der Waals surface area contributed by atoms with E-state index in [1.807, 2.05) is 27.2 Å². The van der Waals surface area contributed by atoms with Crippen molar-refractivity contribution in [1.29, 1.82) is 0 Å². The van der Waals surface area contributed by atoms with E-state index in [9.17, 15) is 34.4 Å². The number of quaternary nitrogens is 1. The highest BCUT2D eigenvalue weighted by Crippen LogP contribution is 2.39. The molecule has 14 heteroatoms. The quantitative estimate of drug-likeness (QED) is 0.0192. The molecule has 0 radical (unpaired) electrons. The molecule has 13 nitrogen and oxygen atoms in total. The predicted molar refractivity (Wildman–Crippen MR) is 241 cm³/mol. The molecule has 62 heavy (non-hydrogen) atoms. The average molecular weight is 900 g/mol. The van der Waals surface area contributed by atoms with Crippen molar-refractivity contribution in [3.05, 3.63) is 34.8 Å². The van der Waals surface area contributed by atoms with Crippen LogP contribution >= 0.6 is 7.82 Å². The van der Waals surface area contributed by atoms with Gasteiger partial charge in [0.1, 0.15) is 31.3 Å². The number of hydrogen-bond donors (Lipinski definition) is 3. The summed E-state index contributed by atoms with van der Waals surface area (Å²) in [6, 6.07) is 0. The lowest BCUT2D eigenvalue weighted by atomic mass is 9.88. The number of nitrogens with zero attached hydrogens (tertiary/aromatic N) is 1. The fourth-order valence-corrected chi connectivity index (χ4v) is 8.72. The lowest BCUT2D eigenvalue weighted by Crippen LogP contribution is -2.37. The van der Waals surface area contributed by atoms with Crippen molar-refractivity contribution in [2.75, 3.05) is 47.5 Å². The number of ether oxygens (including phenoxy) is 2. The molecule has 1 fully saturated rings. The monoisotopic (exact) mass is 900 g/mol. The van der Waals surface area contributed by atoms with Gasteiger partial charge in [-0.25, -0.2) is 0 Å². The van der Waals surface area contributed by atoms with Crippen LogP contribution in [0.3, 0.4) is 0 Å². The summed E-state index contributed by atoms with van der Waals surface area (Å²) in [7, 11) is 1.01. The summed E-state index contributed by atoms with van der Waals surface area (Å²) in [5.74, 6) is 0.935. The number of aryl methyl sites for hydroxylation is 2. The van der Waals surface area contributed by atoms with E-state index in [2.05, 4.69) is 27.7 Å². The number of furan rings is 1. The second-order valence-electron chi connectivity index (χ2n) is 18.7. The maximum atomic E-state index is 12.9. The molecule has 1 unspecified atom stereocenters. The van der Waals surface area contributed by atoms with Gasteiger partial charge in [0.2, 0.25) is 0 Å². The molecule has 7 atom stereocenters. The van der Waals surface area contributed by atoms with E-state index in [0.29, 0.717) is 43.1 Å². The molecule has 1 aromatic heterocycles. The van der Waals surface area contributed by atoms with Gasteiger partial charge in [0.15, 0.2) is 6.10 Å². The third kappa shape index (κ3) is 24.3. The van der Waals surface area contributed by atoms with Crippen molar-refractivity contribution in [2.45, 2.75) is 200 Å². The lowest BCUT2D eigenvalue weighted by Gasteiger charge is -2.28. The van der Waals surface area contributed by atoms with Gasteiger partial charge in [-0.1, -0.05) is 103 Å². The molecule has 360 valence electrons. The van der Waals surface area contributed by atoms with Gasteiger partial charge >= 0.3 is 11.9 Å². The van der Waals surface area contributed by atoms with Crippen LogP contribution in [0.2, 0.25) is 0 Å². The summed E-state index contributed by atoms with van der Waals surface area (Å²) >= 11 is 0. The van der Waals surface area contributed by atoms with Crippen molar-refractivity contribution in [3.63, 3.8) is 0 Å². The maximum absolute atomic E-state index is 12.9. The SMILES string of the molecule is CCCCCc1oc(CCCCCCCCC(=O)OC[C@H](COP(=O)([O-])OCC[N+](C)(C)C)OC(=O)CCCCCC[C@@H]2[C@@H](/C=C/[C@@H](O)CCCCC)[C@H](O)C[C@@H]2O)c(C)c1C. The number of phosphoric acid groups is 1. The van der Waals surface area contributed by atoms with Gasteiger partial charge in [-0.2, -0.15) is 0 Å². The zero-order chi connectivity index (χ0) is 46.0. The molecule has 1 aliphatic carbocycles. The van der Waals surface area contributed by atoms with Gasteiger partial charge in [0.25, 0.3) is 7.82 Å². The molecule has 1 saturated carbocycles. The highest BCUT2D eigenvalue weighted by molar-refractivity contribution is 7.45. The molecule has 1 heterocycles. The topological polar surface area (TPSA) is 185 Å². The third-order valence-electron chi connectivity index (χ3n) is 12.1. The van der Waals surface area contributed by atoms with E-state index in [0.717, 1.165) is 101 Å². The number of hydrogen-bond acceptors (Lipinski definition) is 12. The Bertz CT molecular complexity index is 1460. The number of phosphoric ester groups is 1. The normalized spacial score (nSPS) is 20.1. The highest BCUT2D eigenvalue weighted by atomic mass is 31.2. The minimum absolute atomic E-state index is 0.0764. The number of aliphatic hydroxyl groups excluding tert-OH is 3. The molecular formula is C48H86NO12P. The Morgan fingerprint density at radius 2 is 1.35 bits per heavy atom. The number of unbranched alkanes of at least 4 members (excludes halogenated alkanes) is 12. The van der Waals surface area contributed by atoms with Gasteiger partial charge in [-0.3, -0.25) is 14.2 Å². The fraction of sp³-hybridized carbons (Fsp3) is 0.833. The van der Waals surface area contributed by atoms with Crippen LogP contribution in [-0.2, 0) is 45.5 Å². The Kier molecular flexibility index (Phi) is 28.0. The molecule has 0 bridgehead atoms.